The number of rotatable bonds is 5. The fourth-order valence-corrected chi connectivity index (χ4v) is 5.21. The molecule has 156 valence electrons. The van der Waals surface area contributed by atoms with Crippen LogP contribution in [-0.4, -0.2) is 30.1 Å². The Hall–Kier alpha value is -2.66. The van der Waals surface area contributed by atoms with E-state index in [0.717, 1.165) is 36.0 Å². The number of hydrogen-bond donors (Lipinski definition) is 2. The maximum atomic E-state index is 12.4. The number of fused-ring (bicyclic) bond motifs is 1. The molecule has 3 aromatic carbocycles. The van der Waals surface area contributed by atoms with Crippen LogP contribution in [0.3, 0.4) is 0 Å². The number of likely N-dealkylation sites (tertiary alicyclic amines) is 1. The Kier molecular flexibility index (Phi) is 5.30. The first kappa shape index (κ1) is 19.3. The molecule has 0 spiro atoms. The number of hydrogen-bond acceptors (Lipinski definition) is 5. The molecule has 2 N–H and O–H groups in total. The van der Waals surface area contributed by atoms with Gasteiger partial charge in [0.1, 0.15) is 11.4 Å². The molecule has 2 atom stereocenters. The topological polar surface area (TPSA) is 61.4 Å². The van der Waals surface area contributed by atoms with Crippen molar-refractivity contribution in [3.8, 4) is 0 Å². The van der Waals surface area contributed by atoms with Crippen molar-refractivity contribution in [1.29, 1.82) is 0 Å². The van der Waals surface area contributed by atoms with Crippen LogP contribution < -0.4 is 21.5 Å². The van der Waals surface area contributed by atoms with Crippen molar-refractivity contribution in [2.75, 3.05) is 23.7 Å². The van der Waals surface area contributed by atoms with E-state index in [1.54, 1.807) is 0 Å². The van der Waals surface area contributed by atoms with Gasteiger partial charge >= 0.3 is 0 Å². The maximum Gasteiger partial charge on any atom is 0.253 e. The van der Waals surface area contributed by atoms with Gasteiger partial charge in [0.2, 0.25) is 0 Å². The molecular weight excluding hydrogens is 374 g/mol. The van der Waals surface area contributed by atoms with Crippen molar-refractivity contribution in [3.63, 3.8) is 0 Å². The SMILES string of the molecule is O=c1c(Nc2ccc3ccccc3c2)c(N[C@@H]2CCCC[C@H]2N2CCCCC2)c1=O. The largest absolute Gasteiger partial charge is 0.376 e. The average molecular weight is 404 g/mol. The van der Waals surface area contributed by atoms with E-state index < -0.39 is 5.43 Å². The normalized spacial score (nSPS) is 22.9. The molecule has 0 unspecified atom stereocenters. The fourth-order valence-electron chi connectivity index (χ4n) is 5.21. The van der Waals surface area contributed by atoms with Crippen LogP contribution in [0.2, 0.25) is 0 Å². The molecule has 30 heavy (non-hydrogen) atoms. The zero-order chi connectivity index (χ0) is 20.5. The molecule has 5 heteroatoms. The van der Waals surface area contributed by atoms with Gasteiger partial charge in [-0.2, -0.15) is 0 Å². The Morgan fingerprint density at radius 2 is 1.50 bits per heavy atom. The smallest absolute Gasteiger partial charge is 0.253 e. The van der Waals surface area contributed by atoms with Gasteiger partial charge in [0.25, 0.3) is 10.9 Å². The zero-order valence-electron chi connectivity index (χ0n) is 17.3. The minimum absolute atomic E-state index is 0.234. The fraction of sp³-hybridized carbons (Fsp3) is 0.440. The van der Waals surface area contributed by atoms with E-state index in [1.165, 1.54) is 38.5 Å². The van der Waals surface area contributed by atoms with Crippen molar-refractivity contribution in [3.05, 3.63) is 62.9 Å². The van der Waals surface area contributed by atoms with Gasteiger partial charge < -0.3 is 10.6 Å². The number of piperidine rings is 1. The minimum atomic E-state index is -0.420. The maximum absolute atomic E-state index is 12.4. The highest BCUT2D eigenvalue weighted by Crippen LogP contribution is 2.30. The second kappa shape index (κ2) is 8.23. The van der Waals surface area contributed by atoms with Crippen LogP contribution in [0.1, 0.15) is 44.9 Å². The van der Waals surface area contributed by atoms with Crippen molar-refractivity contribution >= 4 is 27.8 Å². The first-order valence-electron chi connectivity index (χ1n) is 11.3. The van der Waals surface area contributed by atoms with Crippen LogP contribution in [0.4, 0.5) is 17.1 Å². The second-order valence-corrected chi connectivity index (χ2v) is 8.79. The quantitative estimate of drug-likeness (QED) is 0.619. The average Bonchev–Trinajstić information content (AvgIpc) is 2.81. The van der Waals surface area contributed by atoms with Gasteiger partial charge in [0, 0.05) is 17.8 Å². The van der Waals surface area contributed by atoms with Gasteiger partial charge in [0.05, 0.1) is 0 Å². The van der Waals surface area contributed by atoms with E-state index >= 15 is 0 Å². The van der Waals surface area contributed by atoms with E-state index in [-0.39, 0.29) is 11.5 Å². The summed E-state index contributed by atoms with van der Waals surface area (Å²) in [6.45, 7) is 2.30. The lowest BCUT2D eigenvalue weighted by Gasteiger charge is -2.42. The molecule has 0 aromatic heterocycles. The van der Waals surface area contributed by atoms with Gasteiger partial charge in [-0.05, 0) is 61.7 Å². The molecule has 0 bridgehead atoms. The monoisotopic (exact) mass is 403 g/mol. The Morgan fingerprint density at radius 1 is 0.767 bits per heavy atom. The number of anilines is 3. The second-order valence-electron chi connectivity index (χ2n) is 8.79. The molecule has 2 aliphatic rings. The summed E-state index contributed by atoms with van der Waals surface area (Å²) in [7, 11) is 0. The number of nitrogens with zero attached hydrogens (tertiary/aromatic N) is 1. The standard InChI is InChI=1S/C25H29N3O2/c29-24-22(26-19-13-12-17-8-2-3-9-18(17)16-19)23(25(24)30)27-20-10-4-5-11-21(20)28-14-6-1-7-15-28/h2-3,8-9,12-13,16,20-21,26-27H,1,4-7,10-11,14-15H2/t20-,21-/m1/s1. The highest BCUT2D eigenvalue weighted by atomic mass is 16.2. The third-order valence-electron chi connectivity index (χ3n) is 6.85. The Bertz CT molecular complexity index is 1110. The summed E-state index contributed by atoms with van der Waals surface area (Å²) in [5.74, 6) is 0. The Labute approximate surface area is 176 Å². The Morgan fingerprint density at radius 3 is 2.33 bits per heavy atom. The Balaban J connectivity index is 1.36. The first-order chi connectivity index (χ1) is 14.7. The highest BCUT2D eigenvalue weighted by molar-refractivity contribution is 5.88. The van der Waals surface area contributed by atoms with Crippen molar-refractivity contribution in [2.24, 2.45) is 0 Å². The van der Waals surface area contributed by atoms with Crippen molar-refractivity contribution in [1.82, 2.24) is 4.90 Å². The lowest BCUT2D eigenvalue weighted by atomic mass is 9.87. The molecule has 1 saturated heterocycles. The van der Waals surface area contributed by atoms with Gasteiger partial charge in [-0.1, -0.05) is 49.6 Å². The summed E-state index contributed by atoms with van der Waals surface area (Å²) in [4.78, 5) is 27.4. The lowest BCUT2D eigenvalue weighted by molar-refractivity contribution is 0.121. The summed E-state index contributed by atoms with van der Waals surface area (Å²) in [5, 5.41) is 8.97. The third kappa shape index (κ3) is 3.63. The van der Waals surface area contributed by atoms with E-state index in [1.807, 2.05) is 36.4 Å². The molecule has 1 aliphatic heterocycles. The molecule has 5 rings (SSSR count). The molecule has 0 amide bonds. The lowest BCUT2D eigenvalue weighted by Crippen LogP contribution is -2.52. The molecule has 1 saturated carbocycles. The summed E-state index contributed by atoms with van der Waals surface area (Å²) in [6.07, 6.45) is 8.48. The summed E-state index contributed by atoms with van der Waals surface area (Å²) in [5.41, 5.74) is 0.914. The van der Waals surface area contributed by atoms with Gasteiger partial charge in [-0.3, -0.25) is 14.5 Å². The predicted octanol–water partition coefficient (Wildman–Crippen LogP) is 4.39. The van der Waals surface area contributed by atoms with Gasteiger partial charge in [-0.25, -0.2) is 0 Å². The van der Waals surface area contributed by atoms with E-state index in [4.69, 9.17) is 0 Å². The summed E-state index contributed by atoms with van der Waals surface area (Å²) < 4.78 is 0. The summed E-state index contributed by atoms with van der Waals surface area (Å²) in [6, 6.07) is 14.8. The predicted molar refractivity (Wildman–Crippen MR) is 124 cm³/mol. The van der Waals surface area contributed by atoms with Gasteiger partial charge in [0.15, 0.2) is 0 Å². The van der Waals surface area contributed by atoms with Crippen LogP contribution in [-0.2, 0) is 0 Å². The minimum Gasteiger partial charge on any atom is -0.376 e. The molecule has 5 nitrogen and oxygen atoms in total. The zero-order valence-corrected chi connectivity index (χ0v) is 17.3. The molecule has 1 aliphatic carbocycles. The number of nitrogens with one attached hydrogen (secondary N) is 2. The van der Waals surface area contributed by atoms with Crippen LogP contribution in [0, 0.1) is 0 Å². The highest BCUT2D eigenvalue weighted by Gasteiger charge is 2.33. The van der Waals surface area contributed by atoms with Crippen molar-refractivity contribution < 1.29 is 0 Å². The summed E-state index contributed by atoms with van der Waals surface area (Å²) >= 11 is 0. The van der Waals surface area contributed by atoms with Crippen LogP contribution in [0.15, 0.2) is 52.1 Å². The molecule has 2 fully saturated rings. The van der Waals surface area contributed by atoms with Crippen LogP contribution in [0.25, 0.3) is 10.8 Å². The molecule has 0 radical (unpaired) electrons. The molecule has 1 heterocycles. The third-order valence-corrected chi connectivity index (χ3v) is 6.85. The van der Waals surface area contributed by atoms with Crippen LogP contribution >= 0.6 is 0 Å². The van der Waals surface area contributed by atoms with E-state index in [9.17, 15) is 9.59 Å². The first-order valence-corrected chi connectivity index (χ1v) is 11.3. The molecule has 3 aromatic rings. The van der Waals surface area contributed by atoms with E-state index in [2.05, 4.69) is 21.6 Å². The van der Waals surface area contributed by atoms with Crippen molar-refractivity contribution in [2.45, 2.75) is 57.0 Å². The van der Waals surface area contributed by atoms with Gasteiger partial charge in [-0.15, -0.1) is 0 Å². The molecular formula is C25H29N3O2. The number of benzene rings is 2. The van der Waals surface area contributed by atoms with Crippen LogP contribution in [0.5, 0.6) is 0 Å². The van der Waals surface area contributed by atoms with E-state index in [0.29, 0.717) is 17.4 Å².